The van der Waals surface area contributed by atoms with Gasteiger partial charge >= 0.3 is 0 Å². The van der Waals surface area contributed by atoms with Gasteiger partial charge in [-0.05, 0) is 62.1 Å². The van der Waals surface area contributed by atoms with Gasteiger partial charge in [-0.15, -0.1) is 0 Å². The summed E-state index contributed by atoms with van der Waals surface area (Å²) in [6.07, 6.45) is 3.31. The van der Waals surface area contributed by atoms with Crippen molar-refractivity contribution in [3.8, 4) is 5.75 Å². The summed E-state index contributed by atoms with van der Waals surface area (Å²) in [5.74, 6) is 0.629. The Labute approximate surface area is 221 Å². The Bertz CT molecular complexity index is 1640. The maximum absolute atomic E-state index is 13.7. The summed E-state index contributed by atoms with van der Waals surface area (Å²) < 4.78 is 8.64. The van der Waals surface area contributed by atoms with Gasteiger partial charge in [0.15, 0.2) is 0 Å². The third-order valence-electron chi connectivity index (χ3n) is 6.91. The van der Waals surface area contributed by atoms with Crippen molar-refractivity contribution in [3.05, 3.63) is 106 Å². The molecule has 0 radical (unpaired) electrons. The molecular weight excluding hydrogens is 476 g/mol. The standard InChI is InChI=1S/C31H32N4O3/c1-21-9-16-27-26(17-21)29-30(31(37)34(20-32-29)18-24-12-14-25(38-3)15-13-24)35(27)19-28(36)33-22(2)10-11-23-7-5-4-6-8-23/h4-9,12-17,20,22H,10-11,18-19H2,1-3H3,(H,33,36). The van der Waals surface area contributed by atoms with E-state index in [2.05, 4.69) is 22.4 Å². The monoisotopic (exact) mass is 508 g/mol. The number of hydrogen-bond acceptors (Lipinski definition) is 4. The minimum absolute atomic E-state index is 0.00268. The van der Waals surface area contributed by atoms with Gasteiger partial charge in [0.25, 0.3) is 5.56 Å². The third-order valence-corrected chi connectivity index (χ3v) is 6.91. The number of amides is 1. The molecule has 1 amide bonds. The second kappa shape index (κ2) is 10.9. The number of carbonyl (C=O) groups is 1. The number of aryl methyl sites for hydroxylation is 2. The highest BCUT2D eigenvalue weighted by Gasteiger charge is 2.19. The molecule has 2 aromatic heterocycles. The lowest BCUT2D eigenvalue weighted by atomic mass is 10.1. The first-order valence-electron chi connectivity index (χ1n) is 12.9. The molecule has 0 saturated carbocycles. The van der Waals surface area contributed by atoms with Crippen LogP contribution in [-0.2, 0) is 24.3 Å². The van der Waals surface area contributed by atoms with Gasteiger partial charge in [-0.2, -0.15) is 0 Å². The van der Waals surface area contributed by atoms with Crippen LogP contribution < -0.4 is 15.6 Å². The van der Waals surface area contributed by atoms with Gasteiger partial charge < -0.3 is 14.6 Å². The normalized spacial score (nSPS) is 12.1. The first kappa shape index (κ1) is 25.3. The Morgan fingerprint density at radius 2 is 1.79 bits per heavy atom. The summed E-state index contributed by atoms with van der Waals surface area (Å²) in [6, 6.07) is 23.8. The molecule has 1 N–H and O–H groups in total. The maximum Gasteiger partial charge on any atom is 0.278 e. The van der Waals surface area contributed by atoms with E-state index in [0.29, 0.717) is 17.6 Å². The van der Waals surface area contributed by atoms with Gasteiger partial charge in [-0.25, -0.2) is 4.98 Å². The lowest BCUT2D eigenvalue weighted by Crippen LogP contribution is -2.36. The zero-order valence-electron chi connectivity index (χ0n) is 22.0. The molecule has 2 heterocycles. The Morgan fingerprint density at radius 3 is 2.53 bits per heavy atom. The van der Waals surface area contributed by atoms with Crippen LogP contribution >= 0.6 is 0 Å². The van der Waals surface area contributed by atoms with Crippen molar-refractivity contribution in [2.24, 2.45) is 0 Å². The van der Waals surface area contributed by atoms with Crippen molar-refractivity contribution < 1.29 is 9.53 Å². The van der Waals surface area contributed by atoms with Crippen LogP contribution in [0.15, 0.2) is 83.9 Å². The molecule has 0 fully saturated rings. The number of benzene rings is 3. The molecule has 5 aromatic rings. The smallest absolute Gasteiger partial charge is 0.278 e. The first-order valence-corrected chi connectivity index (χ1v) is 12.9. The molecule has 5 rings (SSSR count). The van der Waals surface area contributed by atoms with E-state index < -0.39 is 0 Å². The average molecular weight is 509 g/mol. The summed E-state index contributed by atoms with van der Waals surface area (Å²) in [5, 5.41) is 3.99. The second-order valence-corrected chi connectivity index (χ2v) is 9.82. The molecule has 7 heteroatoms. The van der Waals surface area contributed by atoms with Crippen LogP contribution in [0.3, 0.4) is 0 Å². The summed E-state index contributed by atoms with van der Waals surface area (Å²) in [7, 11) is 1.62. The van der Waals surface area contributed by atoms with Crippen molar-refractivity contribution in [2.45, 2.75) is 45.8 Å². The molecule has 1 atom stereocenters. The average Bonchev–Trinajstić information content (AvgIpc) is 3.22. The number of ether oxygens (including phenoxy) is 1. The van der Waals surface area contributed by atoms with Crippen LogP contribution in [0, 0.1) is 6.92 Å². The minimum atomic E-state index is -0.176. The van der Waals surface area contributed by atoms with Crippen molar-refractivity contribution in [1.82, 2.24) is 19.4 Å². The fourth-order valence-corrected chi connectivity index (χ4v) is 4.88. The SMILES string of the molecule is COc1ccc(Cn2cnc3c4cc(C)ccc4n(CC(=O)NC(C)CCc4ccccc4)c3c2=O)cc1. The summed E-state index contributed by atoms with van der Waals surface area (Å²) in [5.41, 5.74) is 4.97. The molecule has 0 saturated heterocycles. The Balaban J connectivity index is 1.44. The lowest BCUT2D eigenvalue weighted by molar-refractivity contribution is -0.122. The van der Waals surface area contributed by atoms with E-state index in [1.807, 2.05) is 79.1 Å². The zero-order valence-corrected chi connectivity index (χ0v) is 22.0. The number of rotatable bonds is 9. The van der Waals surface area contributed by atoms with E-state index in [1.165, 1.54) is 5.56 Å². The van der Waals surface area contributed by atoms with E-state index in [0.717, 1.165) is 40.6 Å². The van der Waals surface area contributed by atoms with E-state index >= 15 is 0 Å². The number of hydrogen-bond donors (Lipinski definition) is 1. The Hall–Kier alpha value is -4.39. The molecule has 0 bridgehead atoms. The predicted octanol–water partition coefficient (Wildman–Crippen LogP) is 4.85. The Kier molecular flexibility index (Phi) is 7.26. The maximum atomic E-state index is 13.7. The summed E-state index contributed by atoms with van der Waals surface area (Å²) in [4.78, 5) is 31.6. The van der Waals surface area contributed by atoms with Crippen LogP contribution in [-0.4, -0.2) is 33.2 Å². The largest absolute Gasteiger partial charge is 0.497 e. The number of fused-ring (bicyclic) bond motifs is 3. The fourth-order valence-electron chi connectivity index (χ4n) is 4.88. The van der Waals surface area contributed by atoms with E-state index in [9.17, 15) is 9.59 Å². The topological polar surface area (TPSA) is 78.2 Å². The lowest BCUT2D eigenvalue weighted by Gasteiger charge is -2.15. The molecule has 3 aromatic carbocycles. The molecule has 0 aliphatic carbocycles. The molecule has 0 aliphatic heterocycles. The highest BCUT2D eigenvalue weighted by molar-refractivity contribution is 6.06. The van der Waals surface area contributed by atoms with Crippen LogP contribution in [0.5, 0.6) is 5.75 Å². The molecule has 38 heavy (non-hydrogen) atoms. The molecule has 7 nitrogen and oxygen atoms in total. The quantitative estimate of drug-likeness (QED) is 0.309. The van der Waals surface area contributed by atoms with Gasteiger partial charge in [0.2, 0.25) is 5.91 Å². The van der Waals surface area contributed by atoms with E-state index in [1.54, 1.807) is 18.0 Å². The van der Waals surface area contributed by atoms with Crippen molar-refractivity contribution >= 4 is 27.8 Å². The van der Waals surface area contributed by atoms with Crippen LogP contribution in [0.2, 0.25) is 0 Å². The van der Waals surface area contributed by atoms with Gasteiger partial charge in [-0.1, -0.05) is 54.1 Å². The molecule has 0 aliphatic rings. The fraction of sp³-hybridized carbons (Fsp3) is 0.258. The number of aromatic nitrogens is 3. The van der Waals surface area contributed by atoms with Gasteiger partial charge in [0.1, 0.15) is 23.3 Å². The molecule has 1 unspecified atom stereocenters. The van der Waals surface area contributed by atoms with E-state index in [-0.39, 0.29) is 24.1 Å². The third kappa shape index (κ3) is 5.32. The van der Waals surface area contributed by atoms with Crippen LogP contribution in [0.25, 0.3) is 21.9 Å². The van der Waals surface area contributed by atoms with Crippen molar-refractivity contribution in [3.63, 3.8) is 0 Å². The number of methoxy groups -OCH3 is 1. The number of carbonyl (C=O) groups excluding carboxylic acids is 1. The van der Waals surface area contributed by atoms with Crippen LogP contribution in [0.4, 0.5) is 0 Å². The molecule has 0 spiro atoms. The first-order chi connectivity index (χ1) is 18.4. The van der Waals surface area contributed by atoms with Crippen molar-refractivity contribution in [1.29, 1.82) is 0 Å². The van der Waals surface area contributed by atoms with Gasteiger partial charge in [0.05, 0.1) is 25.5 Å². The number of nitrogens with zero attached hydrogens (tertiary/aromatic N) is 3. The van der Waals surface area contributed by atoms with Gasteiger partial charge in [0, 0.05) is 11.4 Å². The van der Waals surface area contributed by atoms with Crippen LogP contribution in [0.1, 0.15) is 30.0 Å². The predicted molar refractivity (Wildman–Crippen MR) is 151 cm³/mol. The molecular formula is C31H32N4O3. The summed E-state index contributed by atoms with van der Waals surface area (Å²) in [6.45, 7) is 4.44. The second-order valence-electron chi connectivity index (χ2n) is 9.82. The summed E-state index contributed by atoms with van der Waals surface area (Å²) >= 11 is 0. The van der Waals surface area contributed by atoms with Gasteiger partial charge in [-0.3, -0.25) is 14.2 Å². The highest BCUT2D eigenvalue weighted by atomic mass is 16.5. The highest BCUT2D eigenvalue weighted by Crippen LogP contribution is 2.26. The zero-order chi connectivity index (χ0) is 26.6. The minimum Gasteiger partial charge on any atom is -0.497 e. The Morgan fingerprint density at radius 1 is 1.03 bits per heavy atom. The van der Waals surface area contributed by atoms with E-state index in [4.69, 9.17) is 4.74 Å². The number of nitrogens with one attached hydrogen (secondary N) is 1. The van der Waals surface area contributed by atoms with Crippen molar-refractivity contribution in [2.75, 3.05) is 7.11 Å². The molecule has 194 valence electrons.